The van der Waals surface area contributed by atoms with Crippen molar-refractivity contribution in [2.75, 3.05) is 0 Å². The minimum Gasteiger partial charge on any atom is -0.323 e. The molecule has 0 bridgehead atoms. The van der Waals surface area contributed by atoms with Gasteiger partial charge in [0.2, 0.25) is 0 Å². The second-order valence-electron chi connectivity index (χ2n) is 4.89. The molecule has 1 aromatic carbocycles. The Balaban J connectivity index is 1.72. The first-order valence-electron chi connectivity index (χ1n) is 7.10. The van der Waals surface area contributed by atoms with E-state index < -0.39 is 11.8 Å². The molecule has 0 radical (unpaired) electrons. The van der Waals surface area contributed by atoms with E-state index in [1.807, 2.05) is 41.2 Å². The number of nitrogens with one attached hydrogen (secondary N) is 2. The highest BCUT2D eigenvalue weighted by Crippen LogP contribution is 2.14. The third-order valence-electron chi connectivity index (χ3n) is 3.31. The second-order valence-corrected chi connectivity index (χ2v) is 5.27. The Labute approximate surface area is 143 Å². The molecule has 7 heteroatoms. The fraction of sp³-hybridized carbons (Fsp3) is 0. The predicted molar refractivity (Wildman–Crippen MR) is 89.9 cm³/mol. The van der Waals surface area contributed by atoms with Gasteiger partial charge in [0, 0.05) is 18.6 Å². The van der Waals surface area contributed by atoms with Crippen LogP contribution < -0.4 is 10.9 Å². The molecular weight excluding hydrogens is 328 g/mol. The highest BCUT2D eigenvalue weighted by molar-refractivity contribution is 6.29. The largest absolute Gasteiger partial charge is 0.323 e. The van der Waals surface area contributed by atoms with Gasteiger partial charge in [-0.2, -0.15) is 0 Å². The van der Waals surface area contributed by atoms with Crippen LogP contribution in [0.3, 0.4) is 0 Å². The second kappa shape index (κ2) is 6.97. The number of carbonyl (C=O) groups is 2. The molecule has 2 aromatic heterocycles. The van der Waals surface area contributed by atoms with Gasteiger partial charge in [0.1, 0.15) is 5.15 Å². The van der Waals surface area contributed by atoms with Gasteiger partial charge in [-0.1, -0.05) is 23.7 Å². The van der Waals surface area contributed by atoms with Crippen molar-refractivity contribution < 1.29 is 9.59 Å². The van der Waals surface area contributed by atoms with E-state index >= 15 is 0 Å². The summed E-state index contributed by atoms with van der Waals surface area (Å²) < 4.78 is 1.82. The maximum absolute atomic E-state index is 12.4. The Bertz CT molecular complexity index is 861. The number of amides is 2. The van der Waals surface area contributed by atoms with Crippen molar-refractivity contribution in [2.24, 2.45) is 0 Å². The Morgan fingerprint density at radius 1 is 0.917 bits per heavy atom. The summed E-state index contributed by atoms with van der Waals surface area (Å²) in [5.41, 5.74) is 6.19. The summed E-state index contributed by atoms with van der Waals surface area (Å²) in [4.78, 5) is 28.2. The molecule has 0 atom stereocenters. The van der Waals surface area contributed by atoms with Crippen LogP contribution in [0.1, 0.15) is 20.7 Å². The number of hydrogen-bond donors (Lipinski definition) is 2. The summed E-state index contributed by atoms with van der Waals surface area (Å²) in [5.74, 6) is -0.902. The molecule has 0 saturated carbocycles. The van der Waals surface area contributed by atoms with Gasteiger partial charge in [0.15, 0.2) is 0 Å². The van der Waals surface area contributed by atoms with Gasteiger partial charge in [0.05, 0.1) is 16.8 Å². The highest BCUT2D eigenvalue weighted by Gasteiger charge is 2.13. The Kier molecular flexibility index (Phi) is 4.58. The van der Waals surface area contributed by atoms with E-state index in [1.165, 1.54) is 18.3 Å². The molecule has 2 N–H and O–H groups in total. The smallest absolute Gasteiger partial charge is 0.271 e. The number of hydrogen-bond acceptors (Lipinski definition) is 3. The number of aromatic nitrogens is 2. The molecule has 0 aliphatic carbocycles. The minimum absolute atomic E-state index is 0.288. The van der Waals surface area contributed by atoms with Crippen molar-refractivity contribution in [3.63, 3.8) is 0 Å². The standard InChI is InChI=1S/C17H13ClN4O2/c18-15-8-7-12(11-19-15)16(23)20-21-17(24)13-5-1-2-6-14(13)22-9-3-4-10-22/h1-11H,(H,20,23)(H,21,24). The lowest BCUT2D eigenvalue weighted by Gasteiger charge is -2.11. The number of rotatable bonds is 3. The first-order valence-corrected chi connectivity index (χ1v) is 7.47. The van der Waals surface area contributed by atoms with E-state index in [2.05, 4.69) is 15.8 Å². The third kappa shape index (κ3) is 3.44. The molecule has 24 heavy (non-hydrogen) atoms. The molecule has 6 nitrogen and oxygen atoms in total. The number of para-hydroxylation sites is 1. The zero-order chi connectivity index (χ0) is 16.9. The fourth-order valence-corrected chi connectivity index (χ4v) is 2.26. The van der Waals surface area contributed by atoms with Gasteiger partial charge in [0.25, 0.3) is 11.8 Å². The van der Waals surface area contributed by atoms with Crippen LogP contribution in [0.5, 0.6) is 0 Å². The minimum atomic E-state index is -0.481. The van der Waals surface area contributed by atoms with Crippen LogP contribution in [0.15, 0.2) is 67.1 Å². The number of nitrogens with zero attached hydrogens (tertiary/aromatic N) is 2. The van der Waals surface area contributed by atoms with Crippen LogP contribution >= 0.6 is 11.6 Å². The summed E-state index contributed by atoms with van der Waals surface area (Å²) >= 11 is 5.68. The van der Waals surface area contributed by atoms with Gasteiger partial charge in [-0.25, -0.2) is 4.98 Å². The first kappa shape index (κ1) is 15.8. The lowest BCUT2D eigenvalue weighted by atomic mass is 10.1. The topological polar surface area (TPSA) is 76.0 Å². The molecule has 120 valence electrons. The van der Waals surface area contributed by atoms with Crippen LogP contribution in [0, 0.1) is 0 Å². The summed E-state index contributed by atoms with van der Waals surface area (Å²) in [6.45, 7) is 0. The Morgan fingerprint density at radius 3 is 2.33 bits per heavy atom. The van der Waals surface area contributed by atoms with Gasteiger partial charge >= 0.3 is 0 Å². The monoisotopic (exact) mass is 340 g/mol. The summed E-state index contributed by atoms with van der Waals surface area (Å²) in [5, 5.41) is 0.288. The van der Waals surface area contributed by atoms with Gasteiger partial charge in [-0.05, 0) is 36.4 Å². The molecule has 3 aromatic rings. The fourth-order valence-electron chi connectivity index (χ4n) is 2.15. The lowest BCUT2D eigenvalue weighted by Crippen LogP contribution is -2.42. The molecule has 3 rings (SSSR count). The maximum Gasteiger partial charge on any atom is 0.271 e. The first-order chi connectivity index (χ1) is 11.6. The van der Waals surface area contributed by atoms with E-state index in [1.54, 1.807) is 12.1 Å². The highest BCUT2D eigenvalue weighted by atomic mass is 35.5. The molecular formula is C17H13ClN4O2. The van der Waals surface area contributed by atoms with Crippen molar-refractivity contribution in [1.29, 1.82) is 0 Å². The van der Waals surface area contributed by atoms with E-state index in [0.29, 0.717) is 16.8 Å². The number of hydrazine groups is 1. The van der Waals surface area contributed by atoms with Crippen molar-refractivity contribution >= 4 is 23.4 Å². The molecule has 0 spiro atoms. The van der Waals surface area contributed by atoms with Gasteiger partial charge in [-0.3, -0.25) is 20.4 Å². The van der Waals surface area contributed by atoms with Crippen LogP contribution in [0.2, 0.25) is 5.15 Å². The van der Waals surface area contributed by atoms with Crippen molar-refractivity contribution in [3.8, 4) is 5.69 Å². The number of carbonyl (C=O) groups excluding carboxylic acids is 2. The summed E-state index contributed by atoms with van der Waals surface area (Å²) in [6, 6.07) is 13.8. The van der Waals surface area contributed by atoms with Gasteiger partial charge in [-0.15, -0.1) is 0 Å². The summed E-state index contributed by atoms with van der Waals surface area (Å²) in [6.07, 6.45) is 5.01. The summed E-state index contributed by atoms with van der Waals surface area (Å²) in [7, 11) is 0. The zero-order valence-corrected chi connectivity index (χ0v) is 13.2. The van der Waals surface area contributed by atoms with E-state index in [0.717, 1.165) is 0 Å². The number of pyridine rings is 1. The number of benzene rings is 1. The third-order valence-corrected chi connectivity index (χ3v) is 3.53. The maximum atomic E-state index is 12.4. The average molecular weight is 341 g/mol. The van der Waals surface area contributed by atoms with Gasteiger partial charge < -0.3 is 4.57 Å². The molecule has 2 heterocycles. The van der Waals surface area contributed by atoms with Crippen LogP contribution in [0.4, 0.5) is 0 Å². The van der Waals surface area contributed by atoms with E-state index in [-0.39, 0.29) is 5.15 Å². The van der Waals surface area contributed by atoms with Crippen molar-refractivity contribution in [3.05, 3.63) is 83.4 Å². The predicted octanol–water partition coefficient (Wildman–Crippen LogP) is 2.60. The number of halogens is 1. The molecule has 0 saturated heterocycles. The van der Waals surface area contributed by atoms with Crippen LogP contribution in [-0.4, -0.2) is 21.4 Å². The molecule has 0 unspecified atom stereocenters. The van der Waals surface area contributed by atoms with Crippen LogP contribution in [0.25, 0.3) is 5.69 Å². The average Bonchev–Trinajstić information content (AvgIpc) is 3.14. The Morgan fingerprint density at radius 2 is 1.62 bits per heavy atom. The molecule has 0 fully saturated rings. The van der Waals surface area contributed by atoms with E-state index in [4.69, 9.17) is 11.6 Å². The Hall–Kier alpha value is -3.12. The quantitative estimate of drug-likeness (QED) is 0.568. The van der Waals surface area contributed by atoms with Crippen molar-refractivity contribution in [2.45, 2.75) is 0 Å². The zero-order valence-electron chi connectivity index (χ0n) is 12.4. The molecule has 2 amide bonds. The van der Waals surface area contributed by atoms with E-state index in [9.17, 15) is 9.59 Å². The van der Waals surface area contributed by atoms with Crippen LogP contribution in [-0.2, 0) is 0 Å². The molecule has 0 aliphatic rings. The lowest BCUT2D eigenvalue weighted by molar-refractivity contribution is 0.0846. The van der Waals surface area contributed by atoms with Crippen molar-refractivity contribution in [1.82, 2.24) is 20.4 Å². The normalized spacial score (nSPS) is 10.2. The SMILES string of the molecule is O=C(NNC(=O)c1ccccc1-n1cccc1)c1ccc(Cl)nc1. The molecule has 0 aliphatic heterocycles.